The Balaban J connectivity index is 0.000000845. The molecule has 39 heavy (non-hydrogen) atoms. The van der Waals surface area contributed by atoms with Crippen molar-refractivity contribution in [3.05, 3.63) is 85.3 Å². The fraction of sp³-hybridized carbons (Fsp3) is 0.303. The van der Waals surface area contributed by atoms with Gasteiger partial charge in [-0.25, -0.2) is 0 Å². The summed E-state index contributed by atoms with van der Waals surface area (Å²) in [5, 5.41) is 2.05. The number of pyridine rings is 3. The molecule has 1 aliphatic heterocycles. The molecule has 0 bridgehead atoms. The van der Waals surface area contributed by atoms with Crippen molar-refractivity contribution in [2.24, 2.45) is 0 Å². The van der Waals surface area contributed by atoms with E-state index in [1.807, 2.05) is 70.6 Å². The third-order valence-corrected chi connectivity index (χ3v) is 7.32. The molecule has 3 aromatic heterocycles. The van der Waals surface area contributed by atoms with Crippen LogP contribution in [0.2, 0.25) is 0 Å². The molecule has 2 aromatic carbocycles. The smallest absolute Gasteiger partial charge is 0.399 e. The van der Waals surface area contributed by atoms with Crippen LogP contribution in [0.3, 0.4) is 0 Å². The molecule has 0 unspecified atom stereocenters. The van der Waals surface area contributed by atoms with E-state index in [2.05, 4.69) is 75.1 Å². The van der Waals surface area contributed by atoms with Gasteiger partial charge in [0.1, 0.15) is 0 Å². The minimum Gasteiger partial charge on any atom is -0.399 e. The molecule has 0 atom stereocenters. The van der Waals surface area contributed by atoms with Gasteiger partial charge in [-0.2, -0.15) is 0 Å². The van der Waals surface area contributed by atoms with E-state index in [-0.39, 0.29) is 0 Å². The zero-order valence-corrected chi connectivity index (χ0v) is 24.3. The molecule has 4 heterocycles. The minimum atomic E-state index is -0.453. The Morgan fingerprint density at radius 3 is 1.74 bits per heavy atom. The summed E-state index contributed by atoms with van der Waals surface area (Å²) in [6.45, 7) is 16.3. The molecule has 6 heteroatoms. The molecule has 0 radical (unpaired) electrons. The third kappa shape index (κ3) is 5.32. The number of aromatic nitrogens is 3. The number of rotatable bonds is 3. The summed E-state index contributed by atoms with van der Waals surface area (Å²) in [5.41, 5.74) is 6.17. The van der Waals surface area contributed by atoms with Gasteiger partial charge in [0.15, 0.2) is 0 Å². The second-order valence-corrected chi connectivity index (χ2v) is 10.00. The lowest BCUT2D eigenvalue weighted by Crippen LogP contribution is -2.41. The van der Waals surface area contributed by atoms with E-state index in [4.69, 9.17) is 19.3 Å². The minimum absolute atomic E-state index is 0.406. The van der Waals surface area contributed by atoms with Crippen LogP contribution in [-0.4, -0.2) is 33.3 Å². The van der Waals surface area contributed by atoms with Gasteiger partial charge in [-0.15, -0.1) is 0 Å². The summed E-state index contributed by atoms with van der Waals surface area (Å²) < 4.78 is 12.7. The molecular formula is C33H38BN3O2. The van der Waals surface area contributed by atoms with Crippen molar-refractivity contribution in [1.29, 1.82) is 0 Å². The molecule has 5 aromatic rings. The SMILES string of the molecule is CC.CC.CC1(C)OB(c2ccnc3c2ccc2c(-c4ccc(-c5ccccn5)cc4)ccnc23)OC1(C)C. The lowest BCUT2D eigenvalue weighted by atomic mass is 9.77. The summed E-state index contributed by atoms with van der Waals surface area (Å²) in [7, 11) is -0.453. The van der Waals surface area contributed by atoms with Gasteiger partial charge in [-0.05, 0) is 68.6 Å². The molecule has 0 saturated carbocycles. The highest BCUT2D eigenvalue weighted by molar-refractivity contribution is 6.65. The van der Waals surface area contributed by atoms with Crippen LogP contribution < -0.4 is 5.46 Å². The zero-order chi connectivity index (χ0) is 28.2. The van der Waals surface area contributed by atoms with Crippen molar-refractivity contribution >= 4 is 34.4 Å². The van der Waals surface area contributed by atoms with Crippen LogP contribution in [0.5, 0.6) is 0 Å². The highest BCUT2D eigenvalue weighted by Gasteiger charge is 2.52. The highest BCUT2D eigenvalue weighted by Crippen LogP contribution is 2.37. The lowest BCUT2D eigenvalue weighted by molar-refractivity contribution is 0.00578. The fourth-order valence-corrected chi connectivity index (χ4v) is 4.63. The van der Waals surface area contributed by atoms with Crippen LogP contribution in [0.25, 0.3) is 44.2 Å². The van der Waals surface area contributed by atoms with Crippen LogP contribution in [0.15, 0.2) is 85.3 Å². The van der Waals surface area contributed by atoms with Crippen molar-refractivity contribution in [1.82, 2.24) is 15.0 Å². The van der Waals surface area contributed by atoms with E-state index in [0.717, 1.165) is 49.7 Å². The van der Waals surface area contributed by atoms with Gasteiger partial charge in [0.05, 0.1) is 27.9 Å². The molecule has 0 spiro atoms. The molecule has 1 fully saturated rings. The van der Waals surface area contributed by atoms with Gasteiger partial charge >= 0.3 is 7.12 Å². The van der Waals surface area contributed by atoms with Crippen LogP contribution in [0, 0.1) is 0 Å². The summed E-state index contributed by atoms with van der Waals surface area (Å²) in [5.74, 6) is 0. The predicted octanol–water partition coefficient (Wildman–Crippen LogP) is 7.86. The molecule has 6 rings (SSSR count). The number of hydrogen-bond acceptors (Lipinski definition) is 5. The topological polar surface area (TPSA) is 57.1 Å². The normalized spacial score (nSPS) is 15.3. The van der Waals surface area contributed by atoms with Crippen molar-refractivity contribution in [2.45, 2.75) is 66.6 Å². The van der Waals surface area contributed by atoms with Gasteiger partial charge in [-0.3, -0.25) is 15.0 Å². The maximum Gasteiger partial charge on any atom is 0.495 e. The van der Waals surface area contributed by atoms with E-state index >= 15 is 0 Å². The lowest BCUT2D eigenvalue weighted by Gasteiger charge is -2.32. The largest absolute Gasteiger partial charge is 0.495 e. The van der Waals surface area contributed by atoms with Crippen LogP contribution in [-0.2, 0) is 9.31 Å². The number of hydrogen-bond donors (Lipinski definition) is 0. The molecule has 1 aliphatic rings. The Bertz CT molecular complexity index is 1530. The monoisotopic (exact) mass is 519 g/mol. The van der Waals surface area contributed by atoms with Gasteiger partial charge in [0, 0.05) is 34.9 Å². The second kappa shape index (κ2) is 11.6. The number of nitrogens with zero attached hydrogens (tertiary/aromatic N) is 3. The van der Waals surface area contributed by atoms with E-state index in [1.54, 1.807) is 0 Å². The number of benzene rings is 2. The molecule has 0 N–H and O–H groups in total. The first-order chi connectivity index (χ1) is 18.8. The molecule has 200 valence electrons. The Kier molecular flexibility index (Phi) is 8.48. The van der Waals surface area contributed by atoms with E-state index < -0.39 is 18.3 Å². The van der Waals surface area contributed by atoms with E-state index in [0.29, 0.717) is 0 Å². The van der Waals surface area contributed by atoms with Crippen molar-refractivity contribution in [3.63, 3.8) is 0 Å². The maximum atomic E-state index is 6.34. The summed E-state index contributed by atoms with van der Waals surface area (Å²) in [4.78, 5) is 13.9. The Morgan fingerprint density at radius 2 is 1.13 bits per heavy atom. The Labute approximate surface area is 232 Å². The quantitative estimate of drug-likeness (QED) is 0.179. The molecular weight excluding hydrogens is 481 g/mol. The standard InChI is InChI=1S/C29H26BN3O2.2C2H6/c1-28(2)29(3,4)35-30(34-28)24-15-18-33-27-23(24)13-12-22-21(14-17-32-26(22)27)19-8-10-20(11-9-19)25-7-5-6-16-31-25;2*1-2/h5-18H,1-4H3;2*1-2H3. The maximum absolute atomic E-state index is 6.34. The van der Waals surface area contributed by atoms with Gasteiger partial charge < -0.3 is 9.31 Å². The van der Waals surface area contributed by atoms with Crippen LogP contribution in [0.1, 0.15) is 55.4 Å². The first-order valence-electron chi connectivity index (χ1n) is 13.9. The van der Waals surface area contributed by atoms with Crippen molar-refractivity contribution < 1.29 is 9.31 Å². The zero-order valence-electron chi connectivity index (χ0n) is 24.3. The van der Waals surface area contributed by atoms with Crippen molar-refractivity contribution in [3.8, 4) is 22.4 Å². The Hall–Kier alpha value is -3.61. The summed E-state index contributed by atoms with van der Waals surface area (Å²) >= 11 is 0. The Morgan fingerprint density at radius 1 is 0.564 bits per heavy atom. The number of fused-ring (bicyclic) bond motifs is 3. The first kappa shape index (κ1) is 28.4. The summed E-state index contributed by atoms with van der Waals surface area (Å²) in [6, 6.07) is 22.7. The second-order valence-electron chi connectivity index (χ2n) is 10.00. The fourth-order valence-electron chi connectivity index (χ4n) is 4.63. The predicted molar refractivity (Wildman–Crippen MR) is 164 cm³/mol. The molecule has 0 aliphatic carbocycles. The van der Waals surface area contributed by atoms with Gasteiger partial charge in [-0.1, -0.05) is 70.2 Å². The summed E-state index contributed by atoms with van der Waals surface area (Å²) in [6.07, 6.45) is 5.49. The van der Waals surface area contributed by atoms with E-state index in [1.165, 1.54) is 0 Å². The first-order valence-corrected chi connectivity index (χ1v) is 13.9. The highest BCUT2D eigenvalue weighted by atomic mass is 16.7. The third-order valence-electron chi connectivity index (χ3n) is 7.32. The molecule has 1 saturated heterocycles. The average Bonchev–Trinajstić information content (AvgIpc) is 3.21. The van der Waals surface area contributed by atoms with Crippen LogP contribution in [0.4, 0.5) is 0 Å². The van der Waals surface area contributed by atoms with Crippen molar-refractivity contribution in [2.75, 3.05) is 0 Å². The van der Waals surface area contributed by atoms with E-state index in [9.17, 15) is 0 Å². The van der Waals surface area contributed by atoms with Crippen LogP contribution >= 0.6 is 0 Å². The average molecular weight is 519 g/mol. The molecule has 0 amide bonds. The molecule has 5 nitrogen and oxygen atoms in total. The van der Waals surface area contributed by atoms with Gasteiger partial charge in [0.2, 0.25) is 0 Å². The van der Waals surface area contributed by atoms with Gasteiger partial charge in [0.25, 0.3) is 0 Å².